The first-order valence-corrected chi connectivity index (χ1v) is 13.0. The Morgan fingerprint density at radius 2 is 1.85 bits per heavy atom. The first-order chi connectivity index (χ1) is 16.8. The summed E-state index contributed by atoms with van der Waals surface area (Å²) in [5.74, 6) is 3.77. The van der Waals surface area contributed by atoms with E-state index in [1.165, 1.54) is 19.3 Å². The van der Waals surface area contributed by atoms with E-state index in [2.05, 4.69) is 15.1 Å². The third-order valence-electron chi connectivity index (χ3n) is 6.14. The van der Waals surface area contributed by atoms with Crippen LogP contribution < -0.4 is 4.74 Å². The summed E-state index contributed by atoms with van der Waals surface area (Å²) in [4.78, 5) is 2.48. The molecule has 1 aliphatic heterocycles. The van der Waals surface area contributed by atoms with Gasteiger partial charge in [0.05, 0.1) is 12.4 Å². The molecule has 8 heteroatoms. The molecule has 2 aromatic carbocycles. The van der Waals surface area contributed by atoms with E-state index in [1.807, 2.05) is 59.3 Å². The molecule has 1 N–H and O–H groups in total. The number of aromatic nitrogens is 3. The first-order valence-electron chi connectivity index (χ1n) is 11.9. The summed E-state index contributed by atoms with van der Waals surface area (Å²) in [5, 5.41) is 20.9. The molecule has 34 heavy (non-hydrogen) atoms. The van der Waals surface area contributed by atoms with Crippen molar-refractivity contribution >= 4 is 22.5 Å². The zero-order valence-corrected chi connectivity index (χ0v) is 20.0. The Morgan fingerprint density at radius 3 is 2.71 bits per heavy atom. The maximum Gasteiger partial charge on any atom is 0.247 e. The monoisotopic (exact) mass is 478 g/mol. The van der Waals surface area contributed by atoms with Crippen molar-refractivity contribution in [3.8, 4) is 23.1 Å². The lowest BCUT2D eigenvalue weighted by Crippen LogP contribution is -2.32. The summed E-state index contributed by atoms with van der Waals surface area (Å²) in [6.45, 7) is 4.69. The molecular formula is C26H30N4O3S. The van der Waals surface area contributed by atoms with Crippen molar-refractivity contribution in [1.29, 1.82) is 0 Å². The van der Waals surface area contributed by atoms with Gasteiger partial charge in [0.1, 0.15) is 5.75 Å². The smallest absolute Gasteiger partial charge is 0.247 e. The Kier molecular flexibility index (Phi) is 7.36. The summed E-state index contributed by atoms with van der Waals surface area (Å²) in [5.41, 5.74) is 0.858. The van der Waals surface area contributed by atoms with Gasteiger partial charge in [-0.3, -0.25) is 0 Å². The van der Waals surface area contributed by atoms with Gasteiger partial charge in [0.2, 0.25) is 11.8 Å². The van der Waals surface area contributed by atoms with E-state index in [0.717, 1.165) is 54.0 Å². The molecule has 0 unspecified atom stereocenters. The summed E-state index contributed by atoms with van der Waals surface area (Å²) in [7, 11) is 0. The number of nitrogens with zero attached hydrogens (tertiary/aromatic N) is 4. The fourth-order valence-electron chi connectivity index (χ4n) is 4.32. The molecule has 5 rings (SSSR count). The zero-order chi connectivity index (χ0) is 23.2. The molecule has 0 aliphatic carbocycles. The topological polar surface area (TPSA) is 76.5 Å². The van der Waals surface area contributed by atoms with Gasteiger partial charge in [-0.25, -0.2) is 0 Å². The van der Waals surface area contributed by atoms with Crippen LogP contribution in [-0.2, 0) is 12.3 Å². The Morgan fingerprint density at radius 1 is 1.00 bits per heavy atom. The van der Waals surface area contributed by atoms with Crippen LogP contribution in [0.4, 0.5) is 0 Å². The van der Waals surface area contributed by atoms with Crippen molar-refractivity contribution in [3.05, 3.63) is 60.6 Å². The second kappa shape index (κ2) is 11.0. The largest absolute Gasteiger partial charge is 0.494 e. The van der Waals surface area contributed by atoms with E-state index >= 15 is 0 Å². The third kappa shape index (κ3) is 5.56. The van der Waals surface area contributed by atoms with Crippen molar-refractivity contribution in [2.75, 3.05) is 32.0 Å². The molecule has 3 heterocycles. The van der Waals surface area contributed by atoms with Crippen LogP contribution in [-0.4, -0.2) is 56.8 Å². The van der Waals surface area contributed by atoms with Crippen molar-refractivity contribution in [3.63, 3.8) is 0 Å². The maximum absolute atomic E-state index is 10.7. The molecule has 1 fully saturated rings. The number of para-hydroxylation sites is 1. The second-order valence-corrected chi connectivity index (χ2v) is 9.67. The Labute approximate surface area is 203 Å². The van der Waals surface area contributed by atoms with E-state index in [0.29, 0.717) is 30.0 Å². The molecule has 178 valence electrons. The quantitative estimate of drug-likeness (QED) is 0.314. The van der Waals surface area contributed by atoms with Gasteiger partial charge in [0.15, 0.2) is 5.88 Å². The summed E-state index contributed by atoms with van der Waals surface area (Å²) >= 11 is 1.70. The van der Waals surface area contributed by atoms with Gasteiger partial charge in [-0.1, -0.05) is 24.6 Å². The first kappa shape index (κ1) is 22.8. The molecule has 0 saturated carbocycles. The predicted octanol–water partition coefficient (Wildman–Crippen LogP) is 5.20. The Balaban J connectivity index is 1.16. The molecule has 0 spiro atoms. The van der Waals surface area contributed by atoms with Crippen molar-refractivity contribution < 1.29 is 14.3 Å². The highest BCUT2D eigenvalue weighted by molar-refractivity contribution is 7.98. The summed E-state index contributed by atoms with van der Waals surface area (Å²) in [6, 6.07) is 15.7. The molecule has 4 aromatic rings. The average molecular weight is 479 g/mol. The van der Waals surface area contributed by atoms with E-state index in [4.69, 9.17) is 9.15 Å². The molecule has 0 atom stereocenters. The standard InChI is InChI=1S/C26H30N4O3S/c31-26-23-10-9-20(17-21(23)18-30(26)14-13-29-11-5-2-6-12-29)25-28-27-24(33-25)19-34-16-15-32-22-7-3-1-4-8-22/h1,3-4,7-10,17-18,31H,2,5-6,11-16,19H2. The van der Waals surface area contributed by atoms with Crippen LogP contribution in [0, 0.1) is 0 Å². The molecule has 0 radical (unpaired) electrons. The van der Waals surface area contributed by atoms with E-state index in [9.17, 15) is 5.11 Å². The molecular weight excluding hydrogens is 448 g/mol. The molecule has 0 amide bonds. The molecule has 0 bridgehead atoms. The second-order valence-electron chi connectivity index (χ2n) is 8.57. The normalized spacial score (nSPS) is 14.6. The average Bonchev–Trinajstić information content (AvgIpc) is 3.48. The van der Waals surface area contributed by atoms with Gasteiger partial charge in [-0.15, -0.1) is 22.0 Å². The highest BCUT2D eigenvalue weighted by Gasteiger charge is 2.15. The number of hydrogen-bond acceptors (Lipinski definition) is 7. The Hall–Kier alpha value is -2.97. The number of benzene rings is 2. The van der Waals surface area contributed by atoms with Crippen LogP contribution in [0.1, 0.15) is 25.2 Å². The lowest BCUT2D eigenvalue weighted by atomic mass is 10.1. The number of ether oxygens (including phenoxy) is 1. The van der Waals surface area contributed by atoms with E-state index in [-0.39, 0.29) is 0 Å². The number of likely N-dealkylation sites (tertiary alicyclic amines) is 1. The SMILES string of the molecule is Oc1c2ccc(-c3nnc(CSCCOc4ccccc4)o3)cc2cn1CCN1CCCCC1. The molecule has 1 aliphatic rings. The van der Waals surface area contributed by atoms with E-state index in [1.54, 1.807) is 11.8 Å². The van der Waals surface area contributed by atoms with Crippen LogP contribution in [0.2, 0.25) is 0 Å². The van der Waals surface area contributed by atoms with Crippen molar-refractivity contribution in [1.82, 2.24) is 19.7 Å². The lowest BCUT2D eigenvalue weighted by molar-refractivity contribution is 0.218. The zero-order valence-electron chi connectivity index (χ0n) is 19.2. The number of piperidine rings is 1. The van der Waals surface area contributed by atoms with Crippen LogP contribution in [0.5, 0.6) is 11.6 Å². The van der Waals surface area contributed by atoms with E-state index < -0.39 is 0 Å². The number of fused-ring (bicyclic) bond motifs is 1. The molecule has 1 saturated heterocycles. The van der Waals surface area contributed by atoms with Crippen molar-refractivity contribution in [2.45, 2.75) is 31.6 Å². The lowest BCUT2D eigenvalue weighted by Gasteiger charge is -2.26. The maximum atomic E-state index is 10.7. The van der Waals surface area contributed by atoms with Gasteiger partial charge in [-0.05, 0) is 56.3 Å². The highest BCUT2D eigenvalue weighted by atomic mass is 32.2. The van der Waals surface area contributed by atoms with Gasteiger partial charge in [-0.2, -0.15) is 0 Å². The van der Waals surface area contributed by atoms with Crippen molar-refractivity contribution in [2.24, 2.45) is 0 Å². The minimum atomic E-state index is 0.318. The van der Waals surface area contributed by atoms with Crippen LogP contribution in [0.15, 0.2) is 59.1 Å². The van der Waals surface area contributed by atoms with Crippen LogP contribution in [0.3, 0.4) is 0 Å². The van der Waals surface area contributed by atoms with Crippen LogP contribution >= 0.6 is 11.8 Å². The number of hydrogen-bond donors (Lipinski definition) is 1. The number of aromatic hydroxyl groups is 1. The van der Waals surface area contributed by atoms with Gasteiger partial charge < -0.3 is 23.7 Å². The Bertz CT molecular complexity index is 1200. The fourth-order valence-corrected chi connectivity index (χ4v) is 4.95. The molecule has 7 nitrogen and oxygen atoms in total. The summed E-state index contributed by atoms with van der Waals surface area (Å²) < 4.78 is 13.5. The number of rotatable bonds is 10. The summed E-state index contributed by atoms with van der Waals surface area (Å²) in [6.07, 6.45) is 5.89. The fraction of sp³-hybridized carbons (Fsp3) is 0.385. The van der Waals surface area contributed by atoms with Gasteiger partial charge in [0, 0.05) is 41.4 Å². The van der Waals surface area contributed by atoms with Crippen LogP contribution in [0.25, 0.3) is 22.2 Å². The predicted molar refractivity (Wildman–Crippen MR) is 135 cm³/mol. The minimum Gasteiger partial charge on any atom is -0.494 e. The number of thioether (sulfide) groups is 1. The molecule has 2 aromatic heterocycles. The third-order valence-corrected chi connectivity index (χ3v) is 7.05. The highest BCUT2D eigenvalue weighted by Crippen LogP contribution is 2.31. The minimum absolute atomic E-state index is 0.318. The van der Waals surface area contributed by atoms with Gasteiger partial charge >= 0.3 is 0 Å². The van der Waals surface area contributed by atoms with Gasteiger partial charge in [0.25, 0.3) is 0 Å².